The molecule has 5 nitrogen and oxygen atoms in total. The minimum absolute atomic E-state index is 0.0134. The summed E-state index contributed by atoms with van der Waals surface area (Å²) in [5, 5.41) is 13.7. The van der Waals surface area contributed by atoms with E-state index >= 15 is 0 Å². The van der Waals surface area contributed by atoms with Crippen LogP contribution in [-0.4, -0.2) is 26.3 Å². The Kier molecular flexibility index (Phi) is 5.05. The number of amides is 1. The van der Waals surface area contributed by atoms with E-state index in [0.717, 1.165) is 33.1 Å². The van der Waals surface area contributed by atoms with E-state index in [2.05, 4.69) is 39.0 Å². The SMILES string of the molecule is Cc1cccc(C)c1NC(=O)CCSc1nnc2cc(C)c3ccccc3n12. The van der Waals surface area contributed by atoms with Gasteiger partial charge in [-0.1, -0.05) is 48.2 Å². The fourth-order valence-corrected chi connectivity index (χ4v) is 4.31. The monoisotopic (exact) mass is 390 g/mol. The number of para-hydroxylation sites is 2. The summed E-state index contributed by atoms with van der Waals surface area (Å²) >= 11 is 1.55. The number of anilines is 1. The summed E-state index contributed by atoms with van der Waals surface area (Å²) < 4.78 is 2.07. The van der Waals surface area contributed by atoms with Gasteiger partial charge in [-0.2, -0.15) is 0 Å². The Labute approximate surface area is 168 Å². The number of aromatic nitrogens is 3. The summed E-state index contributed by atoms with van der Waals surface area (Å²) in [6.45, 7) is 6.10. The molecule has 1 amide bonds. The summed E-state index contributed by atoms with van der Waals surface area (Å²) in [5.74, 6) is 0.652. The minimum Gasteiger partial charge on any atom is -0.326 e. The third-order valence-electron chi connectivity index (χ3n) is 4.88. The molecule has 0 spiro atoms. The van der Waals surface area contributed by atoms with Crippen molar-refractivity contribution in [2.45, 2.75) is 32.3 Å². The summed E-state index contributed by atoms with van der Waals surface area (Å²) in [5.41, 5.74) is 6.16. The second kappa shape index (κ2) is 7.64. The lowest BCUT2D eigenvalue weighted by atomic mass is 10.1. The van der Waals surface area contributed by atoms with Crippen LogP contribution in [-0.2, 0) is 4.79 Å². The molecule has 0 aliphatic rings. The number of nitrogens with zero attached hydrogens (tertiary/aromatic N) is 3. The average Bonchev–Trinajstić information content (AvgIpc) is 3.08. The summed E-state index contributed by atoms with van der Waals surface area (Å²) in [6, 6.07) is 16.3. The largest absolute Gasteiger partial charge is 0.326 e. The highest BCUT2D eigenvalue weighted by Crippen LogP contribution is 2.26. The number of fused-ring (bicyclic) bond motifs is 3. The number of hydrogen-bond donors (Lipinski definition) is 1. The van der Waals surface area contributed by atoms with Gasteiger partial charge in [0.05, 0.1) is 5.52 Å². The maximum atomic E-state index is 12.4. The van der Waals surface area contributed by atoms with Crippen LogP contribution in [0, 0.1) is 20.8 Å². The molecular weight excluding hydrogens is 368 g/mol. The fraction of sp³-hybridized carbons (Fsp3) is 0.227. The van der Waals surface area contributed by atoms with Crippen LogP contribution < -0.4 is 5.32 Å². The van der Waals surface area contributed by atoms with Crippen LogP contribution in [0.1, 0.15) is 23.1 Å². The van der Waals surface area contributed by atoms with E-state index in [1.54, 1.807) is 11.8 Å². The molecule has 0 aliphatic carbocycles. The van der Waals surface area contributed by atoms with E-state index in [1.165, 1.54) is 10.9 Å². The lowest BCUT2D eigenvalue weighted by Gasteiger charge is -2.11. The highest BCUT2D eigenvalue weighted by atomic mass is 32.2. The Bertz CT molecular complexity index is 1160. The van der Waals surface area contributed by atoms with Crippen LogP contribution >= 0.6 is 11.8 Å². The second-order valence-corrected chi connectivity index (χ2v) is 8.00. The molecule has 0 fully saturated rings. The third kappa shape index (κ3) is 3.47. The predicted molar refractivity (Wildman–Crippen MR) is 115 cm³/mol. The van der Waals surface area contributed by atoms with E-state index in [-0.39, 0.29) is 5.91 Å². The molecule has 0 atom stereocenters. The molecule has 0 unspecified atom stereocenters. The normalized spacial score (nSPS) is 11.2. The van der Waals surface area contributed by atoms with Crippen LogP contribution in [0.4, 0.5) is 5.69 Å². The number of nitrogens with one attached hydrogen (secondary N) is 1. The molecule has 1 N–H and O–H groups in total. The minimum atomic E-state index is 0.0134. The van der Waals surface area contributed by atoms with Crippen molar-refractivity contribution < 1.29 is 4.79 Å². The molecule has 0 bridgehead atoms. The number of hydrogen-bond acceptors (Lipinski definition) is 4. The van der Waals surface area contributed by atoms with Crippen molar-refractivity contribution >= 4 is 39.9 Å². The molecule has 2 aromatic carbocycles. The van der Waals surface area contributed by atoms with Gasteiger partial charge < -0.3 is 5.32 Å². The highest BCUT2D eigenvalue weighted by Gasteiger charge is 2.13. The van der Waals surface area contributed by atoms with E-state index in [0.29, 0.717) is 12.2 Å². The van der Waals surface area contributed by atoms with Crippen molar-refractivity contribution in [3.63, 3.8) is 0 Å². The molecular formula is C22H22N4OS. The van der Waals surface area contributed by atoms with Crippen molar-refractivity contribution in [1.82, 2.24) is 14.6 Å². The third-order valence-corrected chi connectivity index (χ3v) is 5.81. The van der Waals surface area contributed by atoms with Crippen molar-refractivity contribution in [2.24, 2.45) is 0 Å². The van der Waals surface area contributed by atoms with Crippen molar-refractivity contribution in [3.8, 4) is 0 Å². The Hall–Kier alpha value is -2.86. The Morgan fingerprint density at radius 3 is 2.54 bits per heavy atom. The predicted octanol–water partition coefficient (Wildman–Crippen LogP) is 4.93. The number of rotatable bonds is 5. The van der Waals surface area contributed by atoms with E-state index in [1.807, 2.05) is 50.2 Å². The first kappa shape index (κ1) is 18.5. The summed E-state index contributed by atoms with van der Waals surface area (Å²) in [7, 11) is 0. The quantitative estimate of drug-likeness (QED) is 0.491. The number of carbonyl (C=O) groups excluding carboxylic acids is 1. The first-order valence-electron chi connectivity index (χ1n) is 9.27. The van der Waals surface area contributed by atoms with Gasteiger partial charge in [0.2, 0.25) is 5.91 Å². The molecule has 0 aliphatic heterocycles. The summed E-state index contributed by atoms with van der Waals surface area (Å²) in [4.78, 5) is 12.4. The molecule has 6 heteroatoms. The second-order valence-electron chi connectivity index (χ2n) is 6.93. The van der Waals surface area contributed by atoms with Gasteiger partial charge in [-0.05, 0) is 49.6 Å². The zero-order valence-electron chi connectivity index (χ0n) is 16.2. The van der Waals surface area contributed by atoms with E-state index in [9.17, 15) is 4.79 Å². The molecule has 4 aromatic rings. The number of benzene rings is 2. The van der Waals surface area contributed by atoms with Gasteiger partial charge in [0.1, 0.15) is 0 Å². The van der Waals surface area contributed by atoms with Crippen molar-refractivity contribution in [2.75, 3.05) is 11.1 Å². The first-order chi connectivity index (χ1) is 13.5. The molecule has 0 radical (unpaired) electrons. The van der Waals surface area contributed by atoms with Crippen LogP contribution in [0.5, 0.6) is 0 Å². The van der Waals surface area contributed by atoms with Crippen LogP contribution in [0.3, 0.4) is 0 Å². The smallest absolute Gasteiger partial charge is 0.225 e. The van der Waals surface area contributed by atoms with Crippen LogP contribution in [0.2, 0.25) is 0 Å². The Morgan fingerprint density at radius 1 is 1.00 bits per heavy atom. The summed E-state index contributed by atoms with van der Waals surface area (Å²) in [6.07, 6.45) is 0.414. The highest BCUT2D eigenvalue weighted by molar-refractivity contribution is 7.99. The maximum Gasteiger partial charge on any atom is 0.225 e. The molecule has 0 saturated carbocycles. The number of thioether (sulfide) groups is 1. The Morgan fingerprint density at radius 2 is 1.75 bits per heavy atom. The van der Waals surface area contributed by atoms with Crippen LogP contribution in [0.25, 0.3) is 16.6 Å². The van der Waals surface area contributed by atoms with Crippen molar-refractivity contribution in [3.05, 3.63) is 65.2 Å². The standard InChI is InChI=1S/C22H22N4OS/c1-14-7-6-8-15(2)21(14)23-20(27)11-12-28-22-25-24-19-13-16(3)17-9-4-5-10-18(17)26(19)22/h4-10,13H,11-12H2,1-3H3,(H,23,27). The molecule has 142 valence electrons. The first-order valence-corrected chi connectivity index (χ1v) is 10.3. The van der Waals surface area contributed by atoms with Gasteiger partial charge in [-0.15, -0.1) is 10.2 Å². The lowest BCUT2D eigenvalue weighted by molar-refractivity contribution is -0.115. The van der Waals surface area contributed by atoms with Gasteiger partial charge in [-0.25, -0.2) is 0 Å². The molecule has 4 rings (SSSR count). The molecule has 0 saturated heterocycles. The zero-order valence-corrected chi connectivity index (χ0v) is 17.0. The number of pyridine rings is 1. The molecule has 28 heavy (non-hydrogen) atoms. The Balaban J connectivity index is 1.49. The van der Waals surface area contributed by atoms with Gasteiger partial charge in [0, 0.05) is 23.2 Å². The number of carbonyl (C=O) groups is 1. The topological polar surface area (TPSA) is 59.3 Å². The molecule has 2 aromatic heterocycles. The zero-order chi connectivity index (χ0) is 19.7. The van der Waals surface area contributed by atoms with Gasteiger partial charge in [0.25, 0.3) is 0 Å². The van der Waals surface area contributed by atoms with E-state index < -0.39 is 0 Å². The number of aryl methyl sites for hydroxylation is 3. The molecule has 2 heterocycles. The maximum absolute atomic E-state index is 12.4. The van der Waals surface area contributed by atoms with Crippen molar-refractivity contribution in [1.29, 1.82) is 0 Å². The lowest BCUT2D eigenvalue weighted by Crippen LogP contribution is -2.14. The van der Waals surface area contributed by atoms with Gasteiger partial charge in [-0.3, -0.25) is 9.20 Å². The van der Waals surface area contributed by atoms with Crippen LogP contribution in [0.15, 0.2) is 53.7 Å². The average molecular weight is 391 g/mol. The van der Waals surface area contributed by atoms with Gasteiger partial charge in [0.15, 0.2) is 10.8 Å². The fourth-order valence-electron chi connectivity index (χ4n) is 3.42. The van der Waals surface area contributed by atoms with Gasteiger partial charge >= 0.3 is 0 Å². The van der Waals surface area contributed by atoms with E-state index in [4.69, 9.17) is 0 Å².